The molecule has 0 aliphatic heterocycles. The van der Waals surface area contributed by atoms with Crippen molar-refractivity contribution in [3.63, 3.8) is 0 Å². The first-order chi connectivity index (χ1) is 7.79. The highest BCUT2D eigenvalue weighted by atomic mass is 32.1. The van der Waals surface area contributed by atoms with Gasteiger partial charge >= 0.3 is 0 Å². The van der Waals surface area contributed by atoms with Crippen LogP contribution in [0.1, 0.15) is 17.4 Å². The number of thiazole rings is 1. The van der Waals surface area contributed by atoms with E-state index in [4.69, 9.17) is 0 Å². The van der Waals surface area contributed by atoms with Crippen molar-refractivity contribution in [2.75, 3.05) is 6.54 Å². The maximum atomic E-state index is 4.45. The van der Waals surface area contributed by atoms with Gasteiger partial charge in [0.15, 0.2) is 0 Å². The predicted molar refractivity (Wildman–Crippen MR) is 69.7 cm³/mol. The Balaban J connectivity index is 2.15. The average molecular weight is 232 g/mol. The monoisotopic (exact) mass is 232 g/mol. The maximum Gasteiger partial charge on any atom is 0.123 e. The summed E-state index contributed by atoms with van der Waals surface area (Å²) >= 11 is 1.76. The van der Waals surface area contributed by atoms with Gasteiger partial charge in [0.2, 0.25) is 0 Å². The summed E-state index contributed by atoms with van der Waals surface area (Å²) in [5.41, 5.74) is 2.49. The van der Waals surface area contributed by atoms with E-state index in [0.29, 0.717) is 0 Å². The summed E-state index contributed by atoms with van der Waals surface area (Å²) in [6.07, 6.45) is 1.96. The Kier molecular flexibility index (Phi) is 3.70. The number of rotatable bonds is 4. The Morgan fingerprint density at radius 3 is 2.69 bits per heavy atom. The molecule has 0 atom stereocenters. The zero-order valence-electron chi connectivity index (χ0n) is 9.66. The molecule has 0 saturated carbocycles. The molecular weight excluding hydrogens is 216 g/mol. The second-order valence-corrected chi connectivity index (χ2v) is 4.89. The molecule has 1 aromatic carbocycles. The fraction of sp³-hybridized carbons (Fsp3) is 0.308. The lowest BCUT2D eigenvalue weighted by molar-refractivity contribution is 0.734. The molecule has 1 aromatic heterocycles. The Morgan fingerprint density at radius 1 is 1.25 bits per heavy atom. The van der Waals surface area contributed by atoms with Crippen molar-refractivity contribution in [2.45, 2.75) is 20.4 Å². The highest BCUT2D eigenvalue weighted by Gasteiger charge is 2.03. The van der Waals surface area contributed by atoms with Crippen molar-refractivity contribution in [3.05, 3.63) is 40.9 Å². The molecule has 2 aromatic rings. The number of aromatic nitrogens is 1. The van der Waals surface area contributed by atoms with Crippen LogP contribution in [0.3, 0.4) is 0 Å². The van der Waals surface area contributed by atoms with Crippen LogP contribution in [0.15, 0.2) is 30.5 Å². The van der Waals surface area contributed by atoms with Crippen LogP contribution in [-0.2, 0) is 6.54 Å². The van der Waals surface area contributed by atoms with E-state index in [-0.39, 0.29) is 0 Å². The third-order valence-corrected chi connectivity index (χ3v) is 3.45. The molecule has 1 heterocycles. The second kappa shape index (κ2) is 5.23. The molecule has 0 unspecified atom stereocenters. The van der Waals surface area contributed by atoms with E-state index in [2.05, 4.69) is 48.4 Å². The van der Waals surface area contributed by atoms with Crippen LogP contribution in [0.2, 0.25) is 0 Å². The number of hydrogen-bond acceptors (Lipinski definition) is 3. The summed E-state index contributed by atoms with van der Waals surface area (Å²) in [6, 6.07) is 8.51. The first kappa shape index (κ1) is 11.3. The summed E-state index contributed by atoms with van der Waals surface area (Å²) < 4.78 is 0. The summed E-state index contributed by atoms with van der Waals surface area (Å²) in [5.74, 6) is 0. The molecule has 2 nitrogen and oxygen atoms in total. The van der Waals surface area contributed by atoms with Gasteiger partial charge in [0.05, 0.1) is 0 Å². The van der Waals surface area contributed by atoms with Gasteiger partial charge in [-0.15, -0.1) is 11.3 Å². The minimum Gasteiger partial charge on any atom is -0.312 e. The number of hydrogen-bond donors (Lipinski definition) is 1. The third kappa shape index (κ3) is 2.68. The average Bonchev–Trinajstić information content (AvgIpc) is 2.76. The molecular formula is C13H16N2S. The molecule has 84 valence electrons. The Labute approximate surface area is 100 Å². The maximum absolute atomic E-state index is 4.45. The van der Waals surface area contributed by atoms with Gasteiger partial charge in [-0.05, 0) is 13.5 Å². The van der Waals surface area contributed by atoms with E-state index in [1.165, 1.54) is 16.0 Å². The van der Waals surface area contributed by atoms with Crippen molar-refractivity contribution < 1.29 is 0 Å². The Morgan fingerprint density at radius 2 is 2.00 bits per heavy atom. The van der Waals surface area contributed by atoms with Gasteiger partial charge in [0, 0.05) is 23.2 Å². The number of benzene rings is 1. The Hall–Kier alpha value is -1.19. The number of nitrogens with zero attached hydrogens (tertiary/aromatic N) is 1. The van der Waals surface area contributed by atoms with Crippen LogP contribution in [0.25, 0.3) is 10.6 Å². The molecule has 0 fully saturated rings. The number of nitrogens with one attached hydrogen (secondary N) is 1. The molecule has 16 heavy (non-hydrogen) atoms. The lowest BCUT2D eigenvalue weighted by atomic mass is 10.2. The van der Waals surface area contributed by atoms with Crippen LogP contribution in [-0.4, -0.2) is 11.5 Å². The molecule has 0 aliphatic rings. The summed E-state index contributed by atoms with van der Waals surface area (Å²) in [7, 11) is 0. The Bertz CT molecular complexity index is 445. The minimum absolute atomic E-state index is 0.917. The summed E-state index contributed by atoms with van der Waals surface area (Å²) in [4.78, 5) is 5.74. The fourth-order valence-electron chi connectivity index (χ4n) is 1.47. The van der Waals surface area contributed by atoms with Crippen molar-refractivity contribution in [3.8, 4) is 10.6 Å². The van der Waals surface area contributed by atoms with Crippen molar-refractivity contribution in [1.29, 1.82) is 0 Å². The SMILES string of the molecule is CCNCc1cnc(-c2ccc(C)cc2)s1. The van der Waals surface area contributed by atoms with Gasteiger partial charge in [-0.25, -0.2) is 4.98 Å². The predicted octanol–water partition coefficient (Wildman–Crippen LogP) is 3.23. The van der Waals surface area contributed by atoms with Crippen molar-refractivity contribution >= 4 is 11.3 Å². The van der Waals surface area contributed by atoms with Crippen molar-refractivity contribution in [1.82, 2.24) is 10.3 Å². The van der Waals surface area contributed by atoms with Gasteiger partial charge in [-0.3, -0.25) is 0 Å². The lowest BCUT2D eigenvalue weighted by Crippen LogP contribution is -2.10. The first-order valence-corrected chi connectivity index (χ1v) is 6.33. The molecule has 0 aliphatic carbocycles. The van der Waals surface area contributed by atoms with E-state index < -0.39 is 0 Å². The molecule has 1 N–H and O–H groups in total. The highest BCUT2D eigenvalue weighted by Crippen LogP contribution is 2.25. The van der Waals surface area contributed by atoms with Crippen LogP contribution in [0, 0.1) is 6.92 Å². The molecule has 0 bridgehead atoms. The summed E-state index contributed by atoms with van der Waals surface area (Å²) in [5, 5.41) is 4.41. The topological polar surface area (TPSA) is 24.9 Å². The van der Waals surface area contributed by atoms with Gasteiger partial charge in [0.1, 0.15) is 5.01 Å². The third-order valence-electron chi connectivity index (χ3n) is 2.40. The zero-order valence-corrected chi connectivity index (χ0v) is 10.5. The molecule has 3 heteroatoms. The first-order valence-electron chi connectivity index (χ1n) is 5.52. The van der Waals surface area contributed by atoms with Gasteiger partial charge in [-0.1, -0.05) is 36.8 Å². The standard InChI is InChI=1S/C13H16N2S/c1-3-14-8-12-9-15-13(16-12)11-6-4-10(2)5-7-11/h4-7,9,14H,3,8H2,1-2H3. The van der Waals surface area contributed by atoms with Gasteiger partial charge < -0.3 is 5.32 Å². The van der Waals surface area contributed by atoms with Crippen LogP contribution in [0.4, 0.5) is 0 Å². The molecule has 0 saturated heterocycles. The van der Waals surface area contributed by atoms with Crippen molar-refractivity contribution in [2.24, 2.45) is 0 Å². The van der Waals surface area contributed by atoms with E-state index in [1.54, 1.807) is 11.3 Å². The van der Waals surface area contributed by atoms with E-state index in [9.17, 15) is 0 Å². The van der Waals surface area contributed by atoms with Crippen LogP contribution < -0.4 is 5.32 Å². The normalized spacial score (nSPS) is 10.6. The minimum atomic E-state index is 0.917. The van der Waals surface area contributed by atoms with E-state index in [0.717, 1.165) is 18.1 Å². The van der Waals surface area contributed by atoms with E-state index in [1.807, 2.05) is 6.20 Å². The number of aryl methyl sites for hydroxylation is 1. The molecule has 0 radical (unpaired) electrons. The van der Waals surface area contributed by atoms with Crippen LogP contribution >= 0.6 is 11.3 Å². The fourth-order valence-corrected chi connectivity index (χ4v) is 2.35. The van der Waals surface area contributed by atoms with Gasteiger partial charge in [-0.2, -0.15) is 0 Å². The quantitative estimate of drug-likeness (QED) is 0.875. The largest absolute Gasteiger partial charge is 0.312 e. The van der Waals surface area contributed by atoms with Gasteiger partial charge in [0.25, 0.3) is 0 Å². The second-order valence-electron chi connectivity index (χ2n) is 3.78. The zero-order chi connectivity index (χ0) is 11.4. The van der Waals surface area contributed by atoms with Crippen LogP contribution in [0.5, 0.6) is 0 Å². The smallest absolute Gasteiger partial charge is 0.123 e. The molecule has 0 spiro atoms. The molecule has 0 amide bonds. The molecule has 2 rings (SSSR count). The van der Waals surface area contributed by atoms with E-state index >= 15 is 0 Å². The summed E-state index contributed by atoms with van der Waals surface area (Å²) in [6.45, 7) is 6.13. The highest BCUT2D eigenvalue weighted by molar-refractivity contribution is 7.15. The lowest BCUT2D eigenvalue weighted by Gasteiger charge is -1.97.